The maximum Gasteiger partial charge on any atom is 0.346 e. The molecule has 2 N–H and O–H groups in total. The Bertz CT molecular complexity index is 777. The van der Waals surface area contributed by atoms with Crippen LogP contribution in [0.25, 0.3) is 10.8 Å². The first kappa shape index (κ1) is 16.2. The Kier molecular flexibility index (Phi) is 4.32. The van der Waals surface area contributed by atoms with Gasteiger partial charge in [-0.25, -0.2) is 9.59 Å². The van der Waals surface area contributed by atoms with E-state index >= 15 is 0 Å². The molecule has 1 aromatic carbocycles. The Balaban J connectivity index is 2.38. The van der Waals surface area contributed by atoms with Gasteiger partial charge in [0, 0.05) is 16.6 Å². The molecule has 2 rings (SSSR count). The molecule has 7 heteroatoms. The molecular weight excluding hydrogens is 308 g/mol. The number of halogens is 1. The van der Waals surface area contributed by atoms with Crippen molar-refractivity contribution in [1.82, 2.24) is 5.32 Å². The molecule has 0 saturated carbocycles. The molecule has 0 fully saturated rings. The minimum Gasteiger partial charge on any atom is -0.467 e. The lowest BCUT2D eigenvalue weighted by Crippen LogP contribution is -2.43. The first-order valence-electron chi connectivity index (χ1n) is 6.61. The number of anilines is 1. The Morgan fingerprint density at radius 2 is 1.95 bits per heavy atom. The second-order valence-corrected chi connectivity index (χ2v) is 6.16. The maximum atomic E-state index is 11.9. The van der Waals surface area contributed by atoms with Gasteiger partial charge in [-0.05, 0) is 32.9 Å². The molecule has 0 aliphatic heterocycles. The van der Waals surface area contributed by atoms with Crippen LogP contribution in [0, 0.1) is 0 Å². The lowest BCUT2D eigenvalue weighted by Gasteiger charge is -2.20. The highest BCUT2D eigenvalue weighted by Crippen LogP contribution is 2.31. The highest BCUT2D eigenvalue weighted by atomic mass is 35.5. The molecule has 0 bridgehead atoms. The summed E-state index contributed by atoms with van der Waals surface area (Å²) in [6.07, 6.45) is 0. The van der Waals surface area contributed by atoms with Crippen LogP contribution >= 0.6 is 11.6 Å². The van der Waals surface area contributed by atoms with Gasteiger partial charge in [-0.1, -0.05) is 17.7 Å². The zero-order chi connectivity index (χ0) is 16.5. The third kappa shape index (κ3) is 3.51. The molecule has 0 saturated heterocycles. The van der Waals surface area contributed by atoms with Crippen molar-refractivity contribution in [2.75, 3.05) is 12.4 Å². The van der Waals surface area contributed by atoms with E-state index < -0.39 is 5.63 Å². The van der Waals surface area contributed by atoms with Crippen molar-refractivity contribution in [3.05, 3.63) is 33.6 Å². The summed E-state index contributed by atoms with van der Waals surface area (Å²) < 4.78 is 9.88. The zero-order valence-corrected chi connectivity index (χ0v) is 13.5. The van der Waals surface area contributed by atoms with Gasteiger partial charge >= 0.3 is 17.6 Å². The third-order valence-electron chi connectivity index (χ3n) is 2.77. The Morgan fingerprint density at radius 3 is 2.55 bits per heavy atom. The zero-order valence-electron chi connectivity index (χ0n) is 12.7. The summed E-state index contributed by atoms with van der Waals surface area (Å²) in [4.78, 5) is 23.8. The van der Waals surface area contributed by atoms with Crippen molar-refractivity contribution in [2.24, 2.45) is 0 Å². The molecule has 22 heavy (non-hydrogen) atoms. The molecule has 0 atom stereocenters. The van der Waals surface area contributed by atoms with Crippen LogP contribution in [0.1, 0.15) is 20.8 Å². The summed E-state index contributed by atoms with van der Waals surface area (Å²) >= 11 is 6.10. The predicted molar refractivity (Wildman–Crippen MR) is 86.0 cm³/mol. The number of nitrogens with one attached hydrogen (secondary N) is 2. The minimum absolute atomic E-state index is 0.0367. The van der Waals surface area contributed by atoms with Crippen LogP contribution < -0.4 is 21.0 Å². The molecule has 2 amide bonds. The largest absolute Gasteiger partial charge is 0.467 e. The molecular formula is C15H17ClN2O4. The molecule has 118 valence electrons. The van der Waals surface area contributed by atoms with Crippen LogP contribution in [-0.2, 0) is 0 Å². The van der Waals surface area contributed by atoms with Crippen molar-refractivity contribution < 1.29 is 13.9 Å². The number of hydrogen-bond acceptors (Lipinski definition) is 4. The lowest BCUT2D eigenvalue weighted by atomic mass is 10.1. The molecule has 0 spiro atoms. The van der Waals surface area contributed by atoms with E-state index in [0.717, 1.165) is 0 Å². The maximum absolute atomic E-state index is 11.9. The van der Waals surface area contributed by atoms with Crippen molar-refractivity contribution in [1.29, 1.82) is 0 Å². The number of fused-ring (bicyclic) bond motifs is 1. The molecule has 1 aromatic heterocycles. The normalized spacial score (nSPS) is 11.3. The van der Waals surface area contributed by atoms with E-state index in [2.05, 4.69) is 10.6 Å². The molecule has 0 aliphatic carbocycles. The highest BCUT2D eigenvalue weighted by Gasteiger charge is 2.16. The summed E-state index contributed by atoms with van der Waals surface area (Å²) in [6.45, 7) is 5.61. The van der Waals surface area contributed by atoms with Crippen molar-refractivity contribution in [3.8, 4) is 5.95 Å². The van der Waals surface area contributed by atoms with Gasteiger partial charge in [0.05, 0.1) is 12.5 Å². The van der Waals surface area contributed by atoms with Crippen LogP contribution in [-0.4, -0.2) is 18.7 Å². The van der Waals surface area contributed by atoms with Gasteiger partial charge in [-0.15, -0.1) is 0 Å². The molecule has 0 radical (unpaired) electrons. The fourth-order valence-corrected chi connectivity index (χ4v) is 2.19. The van der Waals surface area contributed by atoms with Gasteiger partial charge < -0.3 is 19.8 Å². The van der Waals surface area contributed by atoms with Gasteiger partial charge in [0.1, 0.15) is 5.02 Å². The van der Waals surface area contributed by atoms with Gasteiger partial charge in [0.2, 0.25) is 0 Å². The fourth-order valence-electron chi connectivity index (χ4n) is 1.91. The summed E-state index contributed by atoms with van der Waals surface area (Å²) in [5.74, 6) is -0.0367. The SMILES string of the molecule is COc1oc(=O)c2cc(NC(=O)NC(C)(C)C)ccc2c1Cl. The average molecular weight is 325 g/mol. The van der Waals surface area contributed by atoms with Gasteiger partial charge in [0.15, 0.2) is 0 Å². The van der Waals surface area contributed by atoms with Crippen LogP contribution in [0.2, 0.25) is 5.02 Å². The Labute approximate surface area is 132 Å². The van der Waals surface area contributed by atoms with E-state index in [9.17, 15) is 9.59 Å². The minimum atomic E-state index is -0.587. The quantitative estimate of drug-likeness (QED) is 0.887. The second kappa shape index (κ2) is 5.88. The molecule has 2 aromatic rings. The topological polar surface area (TPSA) is 80.6 Å². The van der Waals surface area contributed by atoms with Crippen LogP contribution in [0.3, 0.4) is 0 Å². The van der Waals surface area contributed by atoms with E-state index in [1.54, 1.807) is 12.1 Å². The number of rotatable bonds is 2. The Hall–Kier alpha value is -2.21. The number of methoxy groups -OCH3 is 1. The molecule has 0 aliphatic rings. The first-order valence-corrected chi connectivity index (χ1v) is 6.98. The fraction of sp³-hybridized carbons (Fsp3) is 0.333. The highest BCUT2D eigenvalue weighted by molar-refractivity contribution is 6.36. The number of hydrogen-bond donors (Lipinski definition) is 2. The Morgan fingerprint density at radius 1 is 1.27 bits per heavy atom. The number of urea groups is 1. The van der Waals surface area contributed by atoms with Gasteiger partial charge in [-0.2, -0.15) is 0 Å². The van der Waals surface area contributed by atoms with Crippen LogP contribution in [0.4, 0.5) is 10.5 Å². The van der Waals surface area contributed by atoms with Crippen molar-refractivity contribution in [3.63, 3.8) is 0 Å². The van der Waals surface area contributed by atoms with Crippen LogP contribution in [0.15, 0.2) is 27.4 Å². The molecule has 6 nitrogen and oxygen atoms in total. The predicted octanol–water partition coefficient (Wildman–Crippen LogP) is 3.38. The van der Waals surface area contributed by atoms with E-state index in [1.807, 2.05) is 20.8 Å². The average Bonchev–Trinajstić information content (AvgIpc) is 2.40. The number of amides is 2. The van der Waals surface area contributed by atoms with Gasteiger partial charge in [-0.3, -0.25) is 0 Å². The van der Waals surface area contributed by atoms with Gasteiger partial charge in [0.25, 0.3) is 0 Å². The molecule has 1 heterocycles. The summed E-state index contributed by atoms with van der Waals surface area (Å²) in [5.41, 5.74) is -0.490. The number of ether oxygens (including phenoxy) is 1. The van der Waals surface area contributed by atoms with Crippen molar-refractivity contribution >= 4 is 34.1 Å². The van der Waals surface area contributed by atoms with E-state index in [-0.39, 0.29) is 27.9 Å². The van der Waals surface area contributed by atoms with Crippen molar-refractivity contribution in [2.45, 2.75) is 26.3 Å². The van der Waals surface area contributed by atoms with E-state index in [4.69, 9.17) is 20.8 Å². The standard InChI is InChI=1S/C15H17ClN2O4/c1-15(2,3)18-14(20)17-8-5-6-9-10(7-8)12(19)22-13(21-4)11(9)16/h5-7H,1-4H3,(H2,17,18,20). The lowest BCUT2D eigenvalue weighted by molar-refractivity contribution is 0.244. The number of benzene rings is 1. The number of carbonyl (C=O) groups excluding carboxylic acids is 1. The smallest absolute Gasteiger partial charge is 0.346 e. The second-order valence-electron chi connectivity index (χ2n) is 5.78. The van der Waals surface area contributed by atoms with Crippen LogP contribution in [0.5, 0.6) is 5.95 Å². The monoisotopic (exact) mass is 324 g/mol. The van der Waals surface area contributed by atoms with E-state index in [0.29, 0.717) is 11.1 Å². The van der Waals surface area contributed by atoms with E-state index in [1.165, 1.54) is 13.2 Å². The summed E-state index contributed by atoms with van der Waals surface area (Å²) in [7, 11) is 1.36. The third-order valence-corrected chi connectivity index (χ3v) is 3.13. The first-order chi connectivity index (χ1) is 10.2. The summed E-state index contributed by atoms with van der Waals surface area (Å²) in [6, 6.07) is 4.42. The molecule has 0 unspecified atom stereocenters. The summed E-state index contributed by atoms with van der Waals surface area (Å²) in [5, 5.41) is 6.39. The number of carbonyl (C=O) groups is 1.